The lowest BCUT2D eigenvalue weighted by atomic mass is 9.95. The quantitative estimate of drug-likeness (QED) is 0.427. The molecule has 7 rings (SSSR count). The molecule has 1 amide bonds. The molecule has 40 heavy (non-hydrogen) atoms. The molecular formula is C32H39FN6O. The highest BCUT2D eigenvalue weighted by atomic mass is 19.1. The number of carbonyl (C=O) groups excluding carboxylic acids is 1. The van der Waals surface area contributed by atoms with Crippen molar-refractivity contribution in [1.82, 2.24) is 24.8 Å². The smallest absolute Gasteiger partial charge is 0.210 e. The molecule has 3 aliphatic heterocycles. The lowest BCUT2D eigenvalue weighted by molar-refractivity contribution is -0.117. The first kappa shape index (κ1) is 25.6. The summed E-state index contributed by atoms with van der Waals surface area (Å²) in [5, 5.41) is 8.63. The number of hydrogen-bond donors (Lipinski definition) is 1. The molecule has 1 aromatic carbocycles. The Morgan fingerprint density at radius 1 is 1.12 bits per heavy atom. The van der Waals surface area contributed by atoms with Crippen LogP contribution in [0.25, 0.3) is 22.0 Å². The van der Waals surface area contributed by atoms with E-state index in [-0.39, 0.29) is 11.7 Å². The van der Waals surface area contributed by atoms with E-state index in [1.165, 1.54) is 24.1 Å². The summed E-state index contributed by atoms with van der Waals surface area (Å²) in [4.78, 5) is 18.2. The summed E-state index contributed by atoms with van der Waals surface area (Å²) in [7, 11) is 2.05. The van der Waals surface area contributed by atoms with Crippen molar-refractivity contribution in [3.63, 3.8) is 0 Å². The van der Waals surface area contributed by atoms with E-state index in [1.54, 1.807) is 4.90 Å². The number of nitrogens with one attached hydrogen (secondary N) is 1. The molecule has 1 aliphatic carbocycles. The Balaban J connectivity index is 1.44. The van der Waals surface area contributed by atoms with Crippen LogP contribution in [0, 0.1) is 18.7 Å². The third-order valence-corrected chi connectivity index (χ3v) is 9.37. The number of aromatic nitrogens is 2. The van der Waals surface area contributed by atoms with Crippen LogP contribution in [-0.2, 0) is 17.8 Å². The predicted octanol–water partition coefficient (Wildman–Crippen LogP) is 4.98. The zero-order valence-corrected chi connectivity index (χ0v) is 23.8. The first-order valence-corrected chi connectivity index (χ1v) is 14.9. The minimum absolute atomic E-state index is 0.0555. The Kier molecular flexibility index (Phi) is 6.33. The number of likely N-dealkylation sites (N-methyl/N-ethyl adjacent to an activating group) is 1. The van der Waals surface area contributed by atoms with Crippen molar-refractivity contribution >= 4 is 23.0 Å². The molecule has 8 heteroatoms. The fourth-order valence-electron chi connectivity index (χ4n) is 7.11. The van der Waals surface area contributed by atoms with E-state index >= 15 is 4.39 Å². The molecule has 0 bridgehead atoms. The number of halogens is 1. The second-order valence-corrected chi connectivity index (χ2v) is 12.1. The minimum Gasteiger partial charge on any atom is -0.341 e. The molecule has 5 heterocycles. The van der Waals surface area contributed by atoms with E-state index in [2.05, 4.69) is 58.1 Å². The molecule has 1 unspecified atom stereocenters. The van der Waals surface area contributed by atoms with E-state index in [0.29, 0.717) is 30.9 Å². The summed E-state index contributed by atoms with van der Waals surface area (Å²) in [6, 6.07) is 8.59. The van der Waals surface area contributed by atoms with Gasteiger partial charge in [0.1, 0.15) is 0 Å². The summed E-state index contributed by atoms with van der Waals surface area (Å²) in [5.74, 6) is 0.740. The topological polar surface area (TPSA) is 56.6 Å². The van der Waals surface area contributed by atoms with Gasteiger partial charge in [0.25, 0.3) is 0 Å². The van der Waals surface area contributed by atoms with Crippen molar-refractivity contribution in [3.8, 4) is 11.1 Å². The van der Waals surface area contributed by atoms with Crippen molar-refractivity contribution in [2.24, 2.45) is 5.92 Å². The number of benzene rings is 1. The zero-order valence-electron chi connectivity index (χ0n) is 23.8. The average Bonchev–Trinajstić information content (AvgIpc) is 3.52. The first-order chi connectivity index (χ1) is 19.5. The molecular weight excluding hydrogens is 503 g/mol. The monoisotopic (exact) mass is 542 g/mol. The third kappa shape index (κ3) is 4.19. The number of carbonyl (C=O) groups is 1. The highest BCUT2D eigenvalue weighted by Crippen LogP contribution is 2.44. The van der Waals surface area contributed by atoms with Gasteiger partial charge in [-0.2, -0.15) is 0 Å². The molecule has 1 N–H and O–H groups in total. The van der Waals surface area contributed by atoms with Gasteiger partial charge < -0.3 is 14.8 Å². The van der Waals surface area contributed by atoms with E-state index in [4.69, 9.17) is 4.98 Å². The van der Waals surface area contributed by atoms with Gasteiger partial charge in [0, 0.05) is 60.5 Å². The Labute approximate surface area is 235 Å². The van der Waals surface area contributed by atoms with Gasteiger partial charge in [-0.15, -0.1) is 0 Å². The number of nitrogens with zero attached hydrogens (tertiary/aromatic N) is 5. The number of pyridine rings is 1. The van der Waals surface area contributed by atoms with Crippen LogP contribution in [0.15, 0.2) is 35.5 Å². The Hall–Kier alpha value is -3.39. The minimum atomic E-state index is -0.0555. The van der Waals surface area contributed by atoms with Crippen molar-refractivity contribution < 1.29 is 9.18 Å². The molecule has 2 aromatic heterocycles. The maximum absolute atomic E-state index is 16.8. The first-order valence-electron chi connectivity index (χ1n) is 14.9. The Morgan fingerprint density at radius 3 is 2.67 bits per heavy atom. The number of rotatable bonds is 7. The van der Waals surface area contributed by atoms with Gasteiger partial charge in [-0.3, -0.25) is 19.8 Å². The van der Waals surface area contributed by atoms with Crippen LogP contribution in [0.5, 0.6) is 0 Å². The molecule has 3 aromatic rings. The van der Waals surface area contributed by atoms with Crippen molar-refractivity contribution in [3.05, 3.63) is 58.4 Å². The lowest BCUT2D eigenvalue weighted by Crippen LogP contribution is -2.38. The van der Waals surface area contributed by atoms with E-state index in [9.17, 15) is 4.79 Å². The number of piperidine rings is 1. The SMILES string of the molecule is CCc1nc(C)ccc1-c1cc(N2CC3=C(CN(C=O)C3)N2C)cc2c(F)c(C3CCCNC3)n(CC3CC3)c12. The van der Waals surface area contributed by atoms with Gasteiger partial charge in [0.2, 0.25) is 6.41 Å². The number of hydrazine groups is 1. The van der Waals surface area contributed by atoms with E-state index in [1.807, 2.05) is 6.92 Å². The third-order valence-electron chi connectivity index (χ3n) is 9.37. The van der Waals surface area contributed by atoms with Crippen molar-refractivity contribution in [2.75, 3.05) is 44.8 Å². The predicted molar refractivity (Wildman–Crippen MR) is 157 cm³/mol. The summed E-state index contributed by atoms with van der Waals surface area (Å²) in [6.45, 7) is 8.87. The summed E-state index contributed by atoms with van der Waals surface area (Å²) in [6.07, 6.45) is 6.26. The van der Waals surface area contributed by atoms with Gasteiger partial charge in [-0.1, -0.05) is 13.0 Å². The van der Waals surface area contributed by atoms with Crippen LogP contribution in [-0.4, -0.2) is 65.6 Å². The maximum atomic E-state index is 16.8. The van der Waals surface area contributed by atoms with Crippen LogP contribution in [0.3, 0.4) is 0 Å². The van der Waals surface area contributed by atoms with E-state index in [0.717, 1.165) is 84.7 Å². The second-order valence-electron chi connectivity index (χ2n) is 12.1. The highest BCUT2D eigenvalue weighted by Gasteiger charge is 2.36. The second kappa shape index (κ2) is 9.91. The van der Waals surface area contributed by atoms with Crippen molar-refractivity contribution in [1.29, 1.82) is 0 Å². The fourth-order valence-corrected chi connectivity index (χ4v) is 7.11. The molecule has 4 aliphatic rings. The fraction of sp³-hybridized carbons (Fsp3) is 0.500. The molecule has 1 saturated carbocycles. The number of aryl methyl sites for hydroxylation is 2. The number of hydrogen-bond acceptors (Lipinski definition) is 5. The average molecular weight is 543 g/mol. The van der Waals surface area contributed by atoms with Gasteiger partial charge in [0.05, 0.1) is 35.7 Å². The number of amides is 1. The van der Waals surface area contributed by atoms with Gasteiger partial charge in [-0.25, -0.2) is 4.39 Å². The largest absolute Gasteiger partial charge is 0.341 e. The van der Waals surface area contributed by atoms with Crippen LogP contribution in [0.2, 0.25) is 0 Å². The molecule has 210 valence electrons. The van der Waals surface area contributed by atoms with Gasteiger partial charge in [-0.05, 0) is 75.3 Å². The van der Waals surface area contributed by atoms with Crippen LogP contribution in [0.1, 0.15) is 55.6 Å². The molecule has 0 spiro atoms. The molecule has 2 fully saturated rings. The number of anilines is 1. The van der Waals surface area contributed by atoms with Crippen LogP contribution in [0.4, 0.5) is 10.1 Å². The molecule has 7 nitrogen and oxygen atoms in total. The summed E-state index contributed by atoms with van der Waals surface area (Å²) >= 11 is 0. The lowest BCUT2D eigenvalue weighted by Gasteiger charge is -2.32. The molecule has 0 radical (unpaired) electrons. The van der Waals surface area contributed by atoms with Gasteiger partial charge in [0.15, 0.2) is 5.82 Å². The van der Waals surface area contributed by atoms with Crippen LogP contribution < -0.4 is 10.3 Å². The summed E-state index contributed by atoms with van der Waals surface area (Å²) < 4.78 is 19.2. The molecule has 1 atom stereocenters. The van der Waals surface area contributed by atoms with E-state index < -0.39 is 0 Å². The summed E-state index contributed by atoms with van der Waals surface area (Å²) in [5.41, 5.74) is 9.52. The number of fused-ring (bicyclic) bond motifs is 1. The standard InChI is InChI=1S/C32H39FN6O/c1-4-28-25(10-7-20(2)35-28)26-12-24(39-17-23-16-37(19-40)18-29(23)36(39)3)13-27-30(33)31(22-6-5-11-34-14-22)38(32(26)27)15-21-8-9-21/h7,10,12-13,19,21-22,34H,4-6,8-9,11,14-18H2,1-3H3. The Bertz CT molecular complexity index is 1520. The molecule has 1 saturated heterocycles. The Morgan fingerprint density at radius 2 is 1.98 bits per heavy atom. The van der Waals surface area contributed by atoms with Crippen molar-refractivity contribution in [2.45, 2.75) is 58.4 Å². The van der Waals surface area contributed by atoms with Gasteiger partial charge >= 0.3 is 0 Å². The maximum Gasteiger partial charge on any atom is 0.210 e. The van der Waals surface area contributed by atoms with Crippen LogP contribution >= 0.6 is 0 Å². The highest BCUT2D eigenvalue weighted by molar-refractivity contribution is 5.99. The zero-order chi connectivity index (χ0) is 27.5. The normalized spacial score (nSPS) is 21.2.